The Bertz CT molecular complexity index is 961. The van der Waals surface area contributed by atoms with Crippen LogP contribution >= 0.6 is 11.6 Å². The number of halogens is 1. The van der Waals surface area contributed by atoms with E-state index < -0.39 is 29.6 Å². The van der Waals surface area contributed by atoms with Gasteiger partial charge in [-0.05, 0) is 56.2 Å². The van der Waals surface area contributed by atoms with E-state index >= 15 is 0 Å². The molecule has 0 saturated carbocycles. The lowest BCUT2D eigenvalue weighted by atomic mass is 9.91. The average Bonchev–Trinajstić information content (AvgIpc) is 2.65. The van der Waals surface area contributed by atoms with Crippen LogP contribution in [0.4, 0.5) is 4.79 Å². The molecule has 7 nitrogen and oxygen atoms in total. The van der Waals surface area contributed by atoms with Gasteiger partial charge in [0, 0.05) is 29.6 Å². The molecular weight excluding hydrogens is 420 g/mol. The molecule has 2 aromatic rings. The lowest BCUT2D eigenvalue weighted by Gasteiger charge is -2.42. The molecule has 3 rings (SSSR count). The molecule has 1 fully saturated rings. The second kappa shape index (κ2) is 8.98. The van der Waals surface area contributed by atoms with Crippen LogP contribution in [0.5, 0.6) is 0 Å². The summed E-state index contributed by atoms with van der Waals surface area (Å²) in [6.45, 7) is 5.71. The second-order valence-electron chi connectivity index (χ2n) is 8.52. The molecule has 1 saturated heterocycles. The fourth-order valence-electron chi connectivity index (χ4n) is 3.26. The van der Waals surface area contributed by atoms with Crippen LogP contribution in [0.25, 0.3) is 11.1 Å². The first-order valence-corrected chi connectivity index (χ1v) is 10.3. The van der Waals surface area contributed by atoms with E-state index in [2.05, 4.69) is 5.32 Å². The Kier molecular flexibility index (Phi) is 6.55. The quantitative estimate of drug-likeness (QED) is 0.725. The number of nitrogens with zero attached hydrogens (tertiary/aromatic N) is 1. The van der Waals surface area contributed by atoms with E-state index in [0.29, 0.717) is 10.6 Å². The van der Waals surface area contributed by atoms with Crippen LogP contribution in [0, 0.1) is 5.92 Å². The summed E-state index contributed by atoms with van der Waals surface area (Å²) in [5.41, 5.74) is 1.60. The molecule has 2 aromatic carbocycles. The summed E-state index contributed by atoms with van der Waals surface area (Å²) in [4.78, 5) is 37.8. The number of ether oxygens (including phenoxy) is 1. The number of benzene rings is 2. The van der Waals surface area contributed by atoms with Crippen LogP contribution in [-0.2, 0) is 9.53 Å². The van der Waals surface area contributed by atoms with Gasteiger partial charge in [-0.3, -0.25) is 4.79 Å². The predicted octanol–water partition coefficient (Wildman–Crippen LogP) is 4.06. The highest BCUT2D eigenvalue weighted by atomic mass is 35.5. The van der Waals surface area contributed by atoms with Crippen molar-refractivity contribution in [3.8, 4) is 11.1 Å². The number of hydrogen-bond donors (Lipinski definition) is 2. The van der Waals surface area contributed by atoms with Crippen molar-refractivity contribution in [1.29, 1.82) is 0 Å². The molecule has 0 spiro atoms. The summed E-state index contributed by atoms with van der Waals surface area (Å²) in [5, 5.41) is 12.8. The highest BCUT2D eigenvalue weighted by Gasteiger charge is 2.42. The third kappa shape index (κ3) is 5.76. The normalized spacial score (nSPS) is 15.0. The first-order chi connectivity index (χ1) is 14.5. The first kappa shape index (κ1) is 22.6. The van der Waals surface area contributed by atoms with Crippen LogP contribution in [0.15, 0.2) is 48.5 Å². The molecule has 0 radical (unpaired) electrons. The molecule has 0 aromatic heterocycles. The molecule has 8 heteroatoms. The van der Waals surface area contributed by atoms with E-state index in [1.165, 1.54) is 4.90 Å². The van der Waals surface area contributed by atoms with Gasteiger partial charge in [0.2, 0.25) is 0 Å². The number of carbonyl (C=O) groups is 3. The molecule has 0 bridgehead atoms. The minimum atomic E-state index is -1.14. The van der Waals surface area contributed by atoms with E-state index in [1.54, 1.807) is 57.2 Å². The van der Waals surface area contributed by atoms with Crippen molar-refractivity contribution in [1.82, 2.24) is 10.2 Å². The number of hydrogen-bond acceptors (Lipinski definition) is 4. The van der Waals surface area contributed by atoms with Crippen molar-refractivity contribution in [2.24, 2.45) is 5.92 Å². The molecule has 2 amide bonds. The Morgan fingerprint density at radius 1 is 1.03 bits per heavy atom. The number of amides is 2. The maximum Gasteiger partial charge on any atom is 0.410 e. The monoisotopic (exact) mass is 444 g/mol. The Morgan fingerprint density at radius 3 is 2.03 bits per heavy atom. The highest BCUT2D eigenvalue weighted by molar-refractivity contribution is 6.30. The van der Waals surface area contributed by atoms with Gasteiger partial charge in [0.15, 0.2) is 0 Å². The Hall–Kier alpha value is -3.06. The van der Waals surface area contributed by atoms with Crippen molar-refractivity contribution in [2.75, 3.05) is 13.1 Å². The van der Waals surface area contributed by atoms with Crippen molar-refractivity contribution in [2.45, 2.75) is 32.4 Å². The number of carboxylic acids is 1. The van der Waals surface area contributed by atoms with Gasteiger partial charge in [-0.2, -0.15) is 0 Å². The molecule has 2 N–H and O–H groups in total. The minimum absolute atomic E-state index is 0.210. The molecule has 1 aliphatic heterocycles. The zero-order valence-electron chi connectivity index (χ0n) is 17.6. The van der Waals surface area contributed by atoms with Gasteiger partial charge in [-0.1, -0.05) is 35.9 Å². The number of nitrogens with one attached hydrogen (secondary N) is 1. The van der Waals surface area contributed by atoms with Gasteiger partial charge in [0.1, 0.15) is 11.6 Å². The summed E-state index contributed by atoms with van der Waals surface area (Å²) in [5.74, 6) is -2.01. The summed E-state index contributed by atoms with van der Waals surface area (Å²) < 4.78 is 5.28. The maximum atomic E-state index is 12.6. The fourth-order valence-corrected chi connectivity index (χ4v) is 3.39. The molecule has 164 valence electrons. The van der Waals surface area contributed by atoms with Gasteiger partial charge in [0.25, 0.3) is 5.91 Å². The summed E-state index contributed by atoms with van der Waals surface area (Å²) in [6.07, 6.45) is -0.489. The zero-order chi connectivity index (χ0) is 22.8. The third-order valence-electron chi connectivity index (χ3n) is 4.91. The smallest absolute Gasteiger partial charge is 0.410 e. The topological polar surface area (TPSA) is 95.9 Å². The van der Waals surface area contributed by atoms with Crippen LogP contribution in [0.2, 0.25) is 5.02 Å². The molecule has 0 aliphatic carbocycles. The minimum Gasteiger partial charge on any atom is -0.480 e. The van der Waals surface area contributed by atoms with Crippen LogP contribution in [0.3, 0.4) is 0 Å². The summed E-state index contributed by atoms with van der Waals surface area (Å²) in [6, 6.07) is 13.1. The number of likely N-dealkylation sites (tertiary alicyclic amines) is 1. The van der Waals surface area contributed by atoms with Crippen LogP contribution in [-0.4, -0.2) is 52.7 Å². The van der Waals surface area contributed by atoms with E-state index in [4.69, 9.17) is 16.3 Å². The number of carboxylic acid groups (broad SMARTS) is 1. The number of aliphatic carboxylic acids is 1. The van der Waals surface area contributed by atoms with Gasteiger partial charge >= 0.3 is 12.1 Å². The predicted molar refractivity (Wildman–Crippen MR) is 117 cm³/mol. The number of rotatable bonds is 5. The van der Waals surface area contributed by atoms with Gasteiger partial charge in [-0.15, -0.1) is 0 Å². The van der Waals surface area contributed by atoms with E-state index in [1.807, 2.05) is 12.1 Å². The van der Waals surface area contributed by atoms with Gasteiger partial charge in [-0.25, -0.2) is 9.59 Å². The standard InChI is InChI=1S/C23H25ClN2O5/c1-23(2,3)31-22(30)26-12-17(13-26)19(21(28)29)25-20(27)16-6-4-14(5-7-16)15-8-10-18(24)11-9-15/h4-11,17,19H,12-13H2,1-3H3,(H,25,27)(H,28,29). The summed E-state index contributed by atoms with van der Waals surface area (Å²) in [7, 11) is 0. The van der Waals surface area contributed by atoms with Gasteiger partial charge < -0.3 is 20.1 Å². The summed E-state index contributed by atoms with van der Waals surface area (Å²) >= 11 is 5.91. The third-order valence-corrected chi connectivity index (χ3v) is 5.16. The van der Waals surface area contributed by atoms with Crippen molar-refractivity contribution in [3.05, 3.63) is 59.1 Å². The van der Waals surface area contributed by atoms with Crippen molar-refractivity contribution < 1.29 is 24.2 Å². The average molecular weight is 445 g/mol. The van der Waals surface area contributed by atoms with E-state index in [9.17, 15) is 19.5 Å². The largest absolute Gasteiger partial charge is 0.480 e. The molecule has 1 unspecified atom stereocenters. The lowest BCUT2D eigenvalue weighted by Crippen LogP contribution is -2.61. The highest BCUT2D eigenvalue weighted by Crippen LogP contribution is 2.24. The zero-order valence-corrected chi connectivity index (χ0v) is 18.3. The van der Waals surface area contributed by atoms with Gasteiger partial charge in [0.05, 0.1) is 0 Å². The Balaban J connectivity index is 1.60. The fraction of sp³-hybridized carbons (Fsp3) is 0.348. The Labute approximate surface area is 186 Å². The molecule has 1 aliphatic rings. The van der Waals surface area contributed by atoms with E-state index in [0.717, 1.165) is 11.1 Å². The maximum absolute atomic E-state index is 12.6. The molecule has 1 heterocycles. The molecular formula is C23H25ClN2O5. The molecule has 1 atom stereocenters. The number of carbonyl (C=O) groups excluding carboxylic acids is 2. The lowest BCUT2D eigenvalue weighted by molar-refractivity contribution is -0.142. The van der Waals surface area contributed by atoms with Crippen molar-refractivity contribution >= 4 is 29.6 Å². The first-order valence-electron chi connectivity index (χ1n) is 9.91. The Morgan fingerprint density at radius 2 is 1.55 bits per heavy atom. The SMILES string of the molecule is CC(C)(C)OC(=O)N1CC(C(NC(=O)c2ccc(-c3ccc(Cl)cc3)cc2)C(=O)O)C1. The van der Waals surface area contributed by atoms with Crippen LogP contribution in [0.1, 0.15) is 31.1 Å². The van der Waals surface area contributed by atoms with Crippen LogP contribution < -0.4 is 5.32 Å². The second-order valence-corrected chi connectivity index (χ2v) is 8.96. The van der Waals surface area contributed by atoms with Crippen molar-refractivity contribution in [3.63, 3.8) is 0 Å². The van der Waals surface area contributed by atoms with E-state index in [-0.39, 0.29) is 19.0 Å². The molecule has 31 heavy (non-hydrogen) atoms.